The molecule has 0 atom stereocenters. The number of ether oxygens (including phenoxy) is 1. The Hall–Kier alpha value is -5.28. The first-order valence-corrected chi connectivity index (χ1v) is 14.5. The van der Waals surface area contributed by atoms with Crippen LogP contribution in [0.2, 0.25) is 0 Å². The van der Waals surface area contributed by atoms with E-state index in [1.807, 2.05) is 79.9 Å². The molecule has 0 radical (unpaired) electrons. The molecule has 9 heteroatoms. The fourth-order valence-electron chi connectivity index (χ4n) is 4.10. The van der Waals surface area contributed by atoms with Crippen LogP contribution in [-0.4, -0.2) is 29.6 Å². The van der Waals surface area contributed by atoms with Gasteiger partial charge in [0.15, 0.2) is 11.7 Å². The lowest BCUT2D eigenvalue weighted by Gasteiger charge is -2.09. The number of carbonyl (C=O) groups excluding carboxylic acids is 2. The third-order valence-electron chi connectivity index (χ3n) is 6.65. The van der Waals surface area contributed by atoms with Gasteiger partial charge in [0.2, 0.25) is 0 Å². The highest BCUT2D eigenvalue weighted by Crippen LogP contribution is 2.27. The summed E-state index contributed by atoms with van der Waals surface area (Å²) in [5.41, 5.74) is 10.6. The van der Waals surface area contributed by atoms with Crippen molar-refractivity contribution in [3.8, 4) is 17.0 Å². The number of anilines is 3. The molecule has 0 saturated carbocycles. The lowest BCUT2D eigenvalue weighted by molar-refractivity contribution is -0.118. The van der Waals surface area contributed by atoms with Crippen molar-refractivity contribution in [1.82, 2.24) is 10.4 Å². The van der Waals surface area contributed by atoms with Crippen molar-refractivity contribution >= 4 is 45.9 Å². The number of benzene rings is 4. The van der Waals surface area contributed by atoms with Gasteiger partial charge < -0.3 is 15.4 Å². The fourth-order valence-corrected chi connectivity index (χ4v) is 4.84. The standard InChI is InChI=1S/C34H31N5O3S/c1-22-7-14-28(15-8-22)37-34-38-31(21-43-34)26-10-12-27(13-11-26)33(41)39-35-19-25-5-4-6-30(18-25)42-20-32(40)36-29-16-9-23(2)24(3)17-29/h4-19,21H,20H2,1-3H3,(H,36,40)(H,37,38)(H,39,41)/b35-19+. The molecule has 0 fully saturated rings. The molecule has 0 aliphatic carbocycles. The molecule has 0 spiro atoms. The molecule has 2 amide bonds. The quantitative estimate of drug-likeness (QED) is 0.117. The molecule has 3 N–H and O–H groups in total. The van der Waals surface area contributed by atoms with Gasteiger partial charge in [-0.2, -0.15) is 5.10 Å². The molecule has 43 heavy (non-hydrogen) atoms. The van der Waals surface area contributed by atoms with E-state index in [4.69, 9.17) is 4.74 Å². The van der Waals surface area contributed by atoms with Crippen LogP contribution in [0.5, 0.6) is 5.75 Å². The van der Waals surface area contributed by atoms with Gasteiger partial charge in [-0.3, -0.25) is 9.59 Å². The molecule has 0 unspecified atom stereocenters. The Balaban J connectivity index is 1.11. The number of nitrogens with one attached hydrogen (secondary N) is 3. The fraction of sp³-hybridized carbons (Fsp3) is 0.118. The van der Waals surface area contributed by atoms with E-state index in [0.717, 1.165) is 38.9 Å². The summed E-state index contributed by atoms with van der Waals surface area (Å²) in [5, 5.41) is 13.0. The minimum Gasteiger partial charge on any atom is -0.484 e. The maximum atomic E-state index is 12.6. The number of aromatic nitrogens is 1. The Morgan fingerprint density at radius 1 is 0.884 bits per heavy atom. The van der Waals surface area contributed by atoms with Crippen molar-refractivity contribution in [1.29, 1.82) is 0 Å². The zero-order valence-corrected chi connectivity index (χ0v) is 24.9. The molecule has 5 aromatic rings. The number of carbonyl (C=O) groups is 2. The topological polar surface area (TPSA) is 105 Å². The van der Waals surface area contributed by atoms with Crippen LogP contribution in [0.4, 0.5) is 16.5 Å². The highest BCUT2D eigenvalue weighted by Gasteiger charge is 2.09. The Morgan fingerprint density at radius 2 is 1.65 bits per heavy atom. The zero-order chi connectivity index (χ0) is 30.2. The summed E-state index contributed by atoms with van der Waals surface area (Å²) in [5.74, 6) is -0.0756. The van der Waals surface area contributed by atoms with E-state index in [1.54, 1.807) is 30.3 Å². The average molecular weight is 590 g/mol. The summed E-state index contributed by atoms with van der Waals surface area (Å²) < 4.78 is 5.65. The minimum atomic E-state index is -0.335. The SMILES string of the molecule is Cc1ccc(Nc2nc(-c3ccc(C(=O)N/N=C/c4cccc(OCC(=O)Nc5ccc(C)c(C)c5)c4)cc3)cs2)cc1. The molecule has 0 aliphatic rings. The molecule has 0 bridgehead atoms. The molecule has 216 valence electrons. The van der Waals surface area contributed by atoms with Crippen LogP contribution in [0.15, 0.2) is 101 Å². The number of amides is 2. The maximum absolute atomic E-state index is 12.6. The van der Waals surface area contributed by atoms with Gasteiger partial charge in [-0.05, 0) is 86.0 Å². The molecule has 1 heterocycles. The first-order valence-electron chi connectivity index (χ1n) is 13.7. The smallest absolute Gasteiger partial charge is 0.271 e. The van der Waals surface area contributed by atoms with Crippen LogP contribution in [0.1, 0.15) is 32.6 Å². The minimum absolute atomic E-state index is 0.133. The van der Waals surface area contributed by atoms with Crippen molar-refractivity contribution in [3.05, 3.63) is 124 Å². The third kappa shape index (κ3) is 8.15. The first kappa shape index (κ1) is 29.2. The van der Waals surface area contributed by atoms with Crippen LogP contribution in [-0.2, 0) is 4.79 Å². The monoisotopic (exact) mass is 589 g/mol. The predicted octanol–water partition coefficient (Wildman–Crippen LogP) is 7.26. The van der Waals surface area contributed by atoms with Crippen molar-refractivity contribution in [2.24, 2.45) is 5.10 Å². The normalized spacial score (nSPS) is 10.9. The van der Waals surface area contributed by atoms with E-state index >= 15 is 0 Å². The first-order chi connectivity index (χ1) is 20.8. The highest BCUT2D eigenvalue weighted by atomic mass is 32.1. The molecule has 5 rings (SSSR count). The van der Waals surface area contributed by atoms with E-state index in [1.165, 1.54) is 23.1 Å². The number of hydrazone groups is 1. The van der Waals surface area contributed by atoms with Gasteiger partial charge in [-0.25, -0.2) is 10.4 Å². The van der Waals surface area contributed by atoms with Crippen LogP contribution < -0.4 is 20.8 Å². The van der Waals surface area contributed by atoms with Crippen molar-refractivity contribution < 1.29 is 14.3 Å². The zero-order valence-electron chi connectivity index (χ0n) is 24.0. The van der Waals surface area contributed by atoms with E-state index in [2.05, 4.69) is 33.1 Å². The maximum Gasteiger partial charge on any atom is 0.271 e. The van der Waals surface area contributed by atoms with E-state index in [-0.39, 0.29) is 18.4 Å². The number of rotatable bonds is 10. The van der Waals surface area contributed by atoms with Gasteiger partial charge in [-0.15, -0.1) is 11.3 Å². The van der Waals surface area contributed by atoms with Crippen molar-refractivity contribution in [2.75, 3.05) is 17.2 Å². The van der Waals surface area contributed by atoms with E-state index in [9.17, 15) is 9.59 Å². The Kier molecular flexibility index (Phi) is 9.23. The van der Waals surface area contributed by atoms with Gasteiger partial charge >= 0.3 is 0 Å². The molecule has 4 aromatic carbocycles. The van der Waals surface area contributed by atoms with Gasteiger partial charge in [0.25, 0.3) is 11.8 Å². The summed E-state index contributed by atoms with van der Waals surface area (Å²) in [4.78, 5) is 29.6. The summed E-state index contributed by atoms with van der Waals surface area (Å²) in [6.45, 7) is 5.94. The average Bonchev–Trinajstić information content (AvgIpc) is 3.48. The van der Waals surface area contributed by atoms with Crippen LogP contribution in [0.3, 0.4) is 0 Å². The summed E-state index contributed by atoms with van der Waals surface area (Å²) in [6, 6.07) is 28.2. The van der Waals surface area contributed by atoms with E-state index in [0.29, 0.717) is 16.9 Å². The number of hydrogen-bond donors (Lipinski definition) is 3. The second-order valence-electron chi connectivity index (χ2n) is 10.0. The van der Waals surface area contributed by atoms with Crippen molar-refractivity contribution in [2.45, 2.75) is 20.8 Å². The highest BCUT2D eigenvalue weighted by molar-refractivity contribution is 7.14. The molecule has 8 nitrogen and oxygen atoms in total. The second-order valence-corrected chi connectivity index (χ2v) is 10.9. The molecule has 0 saturated heterocycles. The second kappa shape index (κ2) is 13.6. The summed E-state index contributed by atoms with van der Waals surface area (Å²) in [7, 11) is 0. The molecule has 1 aromatic heterocycles. The number of aryl methyl sites for hydroxylation is 3. The molecular formula is C34H31N5O3S. The lowest BCUT2D eigenvalue weighted by atomic mass is 10.1. The van der Waals surface area contributed by atoms with Crippen LogP contribution in [0, 0.1) is 20.8 Å². The summed E-state index contributed by atoms with van der Waals surface area (Å²) >= 11 is 1.52. The molecule has 0 aliphatic heterocycles. The predicted molar refractivity (Wildman–Crippen MR) is 174 cm³/mol. The lowest BCUT2D eigenvalue weighted by Crippen LogP contribution is -2.20. The van der Waals surface area contributed by atoms with Gasteiger partial charge in [-0.1, -0.05) is 48.0 Å². The Bertz CT molecular complexity index is 1760. The van der Waals surface area contributed by atoms with E-state index < -0.39 is 0 Å². The third-order valence-corrected chi connectivity index (χ3v) is 7.41. The molecular weight excluding hydrogens is 558 g/mol. The Labute approximate surface area is 254 Å². The summed E-state index contributed by atoms with van der Waals surface area (Å²) in [6.07, 6.45) is 1.52. The Morgan fingerprint density at radius 3 is 2.42 bits per heavy atom. The van der Waals surface area contributed by atoms with Crippen LogP contribution >= 0.6 is 11.3 Å². The van der Waals surface area contributed by atoms with Gasteiger partial charge in [0, 0.05) is 27.9 Å². The van der Waals surface area contributed by atoms with Gasteiger partial charge in [0.05, 0.1) is 11.9 Å². The number of hydrogen-bond acceptors (Lipinski definition) is 7. The largest absolute Gasteiger partial charge is 0.484 e. The van der Waals surface area contributed by atoms with Crippen LogP contribution in [0.25, 0.3) is 11.3 Å². The number of thiazole rings is 1. The van der Waals surface area contributed by atoms with Crippen molar-refractivity contribution in [3.63, 3.8) is 0 Å². The number of nitrogens with zero attached hydrogens (tertiary/aromatic N) is 2. The van der Waals surface area contributed by atoms with Gasteiger partial charge in [0.1, 0.15) is 5.75 Å².